The van der Waals surface area contributed by atoms with Crippen LogP contribution in [0.5, 0.6) is 0 Å². The molecule has 0 nitrogen and oxygen atoms in total. The van der Waals surface area contributed by atoms with Crippen LogP contribution in [-0.4, -0.2) is 6.69 Å². The molecule has 0 heterocycles. The van der Waals surface area contributed by atoms with Gasteiger partial charge in [0.25, 0.3) is 0 Å². The van der Waals surface area contributed by atoms with Crippen LogP contribution in [0.1, 0.15) is 96.0 Å². The molecule has 0 N–H and O–H groups in total. The van der Waals surface area contributed by atoms with Crippen molar-refractivity contribution in [1.82, 2.24) is 0 Å². The maximum absolute atomic E-state index is 5.43. The smallest absolute Gasteiger partial charge is 0.146 e. The summed E-state index contributed by atoms with van der Waals surface area (Å²) >= 11 is 9.97. The normalized spacial score (nSPS) is 17.4. The molecule has 0 radical (unpaired) electrons. The van der Waals surface area contributed by atoms with Gasteiger partial charge in [-0.1, -0.05) is 0 Å². The Kier molecular flexibility index (Phi) is 10.4. The molecule has 0 aliphatic heterocycles. The number of hydrogen-bond acceptors (Lipinski definition) is 0. The van der Waals surface area contributed by atoms with Gasteiger partial charge in [-0.15, -0.1) is 22.2 Å². The molecule has 0 fully saturated rings. The third-order valence-electron chi connectivity index (χ3n) is 9.01. The first-order valence-corrected chi connectivity index (χ1v) is 24.3. The van der Waals surface area contributed by atoms with Gasteiger partial charge >= 0.3 is 261 Å². The molecule has 0 amide bonds. The van der Waals surface area contributed by atoms with E-state index in [0.29, 0.717) is 7.25 Å². The van der Waals surface area contributed by atoms with Crippen molar-refractivity contribution in [3.8, 4) is 22.3 Å². The van der Waals surface area contributed by atoms with Gasteiger partial charge in [-0.05, 0) is 13.1 Å². The van der Waals surface area contributed by atoms with Crippen molar-refractivity contribution in [1.29, 1.82) is 0 Å². The summed E-state index contributed by atoms with van der Waals surface area (Å²) in [6.45, 7) is 20.5. The van der Waals surface area contributed by atoms with Crippen molar-refractivity contribution in [2.24, 2.45) is 0 Å². The Hall–Kier alpha value is -1.96. The molecule has 0 bridgehead atoms. The van der Waals surface area contributed by atoms with Gasteiger partial charge in [0.1, 0.15) is 0 Å². The fraction of sp³-hybridized carbons (Fsp3) is 0.333. The van der Waals surface area contributed by atoms with Gasteiger partial charge in [-0.25, -0.2) is 0 Å². The maximum atomic E-state index is 5.43. The third kappa shape index (κ3) is 8.01. The first-order chi connectivity index (χ1) is 21.4. The van der Waals surface area contributed by atoms with E-state index in [-0.39, 0.29) is 10.8 Å². The van der Waals surface area contributed by atoms with Gasteiger partial charge in [0.2, 0.25) is 6.69 Å². The zero-order valence-electron chi connectivity index (χ0n) is 29.1. The van der Waals surface area contributed by atoms with Gasteiger partial charge in [0.15, 0.2) is 0 Å². The van der Waals surface area contributed by atoms with E-state index in [2.05, 4.69) is 152 Å². The first kappa shape index (κ1) is 35.3. The topological polar surface area (TPSA) is 0 Å². The van der Waals surface area contributed by atoms with Crippen molar-refractivity contribution in [3.05, 3.63) is 129 Å². The monoisotopic (exact) mass is 740 g/mol. The Balaban J connectivity index is 0.000000775. The zero-order chi connectivity index (χ0) is 33.6. The van der Waals surface area contributed by atoms with Crippen molar-refractivity contribution >= 4 is 41.0 Å². The number of rotatable bonds is 4. The molecule has 2 atom stereocenters. The Morgan fingerprint density at radius 1 is 0.543 bits per heavy atom. The molecule has 2 aliphatic carbocycles. The summed E-state index contributed by atoms with van der Waals surface area (Å²) in [5, 5.41) is 0. The van der Waals surface area contributed by atoms with Crippen LogP contribution >= 0.6 is 22.2 Å². The van der Waals surface area contributed by atoms with Gasteiger partial charge in [0.05, 0.1) is 0 Å². The summed E-state index contributed by atoms with van der Waals surface area (Å²) in [4.78, 5) is 0. The van der Waals surface area contributed by atoms with Crippen molar-refractivity contribution in [2.45, 2.75) is 86.6 Å². The molecular weight excluding hydrogens is 695 g/mol. The van der Waals surface area contributed by atoms with Gasteiger partial charge in [-0.3, -0.25) is 0 Å². The largest absolute Gasteiger partial charge is 0.245 e. The fourth-order valence-corrected chi connectivity index (χ4v) is 11.2. The van der Waals surface area contributed by atoms with E-state index in [1.807, 2.05) is 13.1 Å². The van der Waals surface area contributed by atoms with E-state index >= 15 is 0 Å². The van der Waals surface area contributed by atoms with Crippen LogP contribution < -0.4 is 0 Å². The number of benzene rings is 4. The van der Waals surface area contributed by atoms with Crippen LogP contribution in [0.25, 0.3) is 34.4 Å². The van der Waals surface area contributed by atoms with E-state index in [9.17, 15) is 0 Å². The molecule has 6 rings (SSSR count). The second kappa shape index (κ2) is 13.5. The van der Waals surface area contributed by atoms with Crippen molar-refractivity contribution < 1.29 is 23.2 Å². The molecule has 2 unspecified atom stereocenters. The summed E-state index contributed by atoms with van der Waals surface area (Å²) in [5.41, 5.74) is 17.7. The number of allylic oxidation sites excluding steroid dienone is 2. The van der Waals surface area contributed by atoms with Crippen molar-refractivity contribution in [2.75, 3.05) is 0 Å². The Morgan fingerprint density at radius 3 is 1.17 bits per heavy atom. The molecule has 4 heteroatoms. The molecule has 0 aromatic heterocycles. The van der Waals surface area contributed by atoms with Crippen LogP contribution in [0.15, 0.2) is 96.1 Å². The van der Waals surface area contributed by atoms with Gasteiger partial charge in [0, 0.05) is 0 Å². The SMILES string of the molecule is CC1=Cc2c(-c3ccc(C(C)(C)C)cc3)cccc2[CH]1[Zr][CH]1C(C)=Cc2c(-c3ccc(C(C)(C)C)cc3)cccc21.C[Si](C)(Cl)Cl. The van der Waals surface area contributed by atoms with E-state index in [1.165, 1.54) is 44.5 Å². The molecule has 4 aromatic rings. The number of hydrogen-bond donors (Lipinski definition) is 0. The standard InChI is InChI=1S/2C20H21.C2H6Cl2Si.Zr/c2*1-14-12-16-6-5-7-18(19(16)13-14)15-8-10-17(11-9-15)20(2,3)4;1-5(2,3)4;/h2*5-13H,1-4H3;1-2H3;. The van der Waals surface area contributed by atoms with E-state index in [4.69, 9.17) is 22.2 Å². The van der Waals surface area contributed by atoms with E-state index < -0.39 is 29.9 Å². The summed E-state index contributed by atoms with van der Waals surface area (Å²) in [6.07, 6.45) is 4.99. The molecule has 0 saturated carbocycles. The van der Waals surface area contributed by atoms with Gasteiger partial charge < -0.3 is 0 Å². The molecular formula is C42H48Cl2SiZr. The number of halogens is 2. The molecule has 46 heavy (non-hydrogen) atoms. The fourth-order valence-electron chi connectivity index (χ4n) is 6.52. The Morgan fingerprint density at radius 2 is 0.870 bits per heavy atom. The average Bonchev–Trinajstić information content (AvgIpc) is 3.46. The number of fused-ring (bicyclic) bond motifs is 2. The maximum Gasteiger partial charge on any atom is 0.245 e. The van der Waals surface area contributed by atoms with E-state index in [1.54, 1.807) is 22.3 Å². The summed E-state index contributed by atoms with van der Waals surface area (Å²) in [7, 11) is 0. The minimum absolute atomic E-state index is 0.171. The summed E-state index contributed by atoms with van der Waals surface area (Å²) in [6, 6.07) is 32.5. The van der Waals surface area contributed by atoms with Crippen LogP contribution in [0.4, 0.5) is 0 Å². The predicted molar refractivity (Wildman–Crippen MR) is 203 cm³/mol. The molecule has 0 saturated heterocycles. The van der Waals surface area contributed by atoms with Crippen LogP contribution in [-0.2, 0) is 34.1 Å². The average molecular weight is 743 g/mol. The quantitative estimate of drug-likeness (QED) is 0.144. The first-order valence-electron chi connectivity index (χ1n) is 16.4. The molecule has 4 aromatic carbocycles. The molecule has 238 valence electrons. The molecule has 2 aliphatic rings. The van der Waals surface area contributed by atoms with Crippen LogP contribution in [0.2, 0.25) is 13.1 Å². The van der Waals surface area contributed by atoms with E-state index in [0.717, 1.165) is 0 Å². The summed E-state index contributed by atoms with van der Waals surface area (Å²) < 4.78 is 1.22. The van der Waals surface area contributed by atoms with Crippen LogP contribution in [0.3, 0.4) is 0 Å². The predicted octanol–water partition coefficient (Wildman–Crippen LogP) is 13.5. The van der Waals surface area contributed by atoms with Crippen LogP contribution in [0, 0.1) is 0 Å². The second-order valence-corrected chi connectivity index (χ2v) is 28.0. The third-order valence-corrected chi connectivity index (χ3v) is 14.4. The Bertz CT molecular complexity index is 1640. The summed E-state index contributed by atoms with van der Waals surface area (Å²) in [5.74, 6) is 0. The minimum atomic E-state index is -1.67. The Labute approximate surface area is 300 Å². The minimum Gasteiger partial charge on any atom is -0.146 e. The second-order valence-electron chi connectivity index (χ2n) is 15.4. The van der Waals surface area contributed by atoms with Gasteiger partial charge in [-0.2, -0.15) is 0 Å². The zero-order valence-corrected chi connectivity index (χ0v) is 34.1. The van der Waals surface area contributed by atoms with Crippen molar-refractivity contribution in [3.63, 3.8) is 0 Å². The molecule has 0 spiro atoms.